The zero-order valence-corrected chi connectivity index (χ0v) is 25.7. The number of fused-ring (bicyclic) bond motifs is 4. The van der Waals surface area contributed by atoms with Crippen LogP contribution in [-0.2, 0) is 34.0 Å². The van der Waals surface area contributed by atoms with Gasteiger partial charge in [-0.05, 0) is 74.3 Å². The molecule has 2 aliphatic rings. The minimum atomic E-state index is -0.743. The number of nitrogens with one attached hydrogen (secondary N) is 4. The Morgan fingerprint density at radius 2 is 1.73 bits per heavy atom. The van der Waals surface area contributed by atoms with Crippen molar-refractivity contribution >= 4 is 34.8 Å². The fourth-order valence-electron chi connectivity index (χ4n) is 5.53. The van der Waals surface area contributed by atoms with Crippen molar-refractivity contribution < 1.29 is 28.6 Å². The van der Waals surface area contributed by atoms with Gasteiger partial charge in [-0.1, -0.05) is 18.2 Å². The minimum absolute atomic E-state index is 0.0163. The van der Waals surface area contributed by atoms with Crippen LogP contribution in [0.5, 0.6) is 11.5 Å². The molecular formula is C33H39N5O6. The molecule has 3 atom stereocenters. The molecule has 11 heteroatoms. The van der Waals surface area contributed by atoms with E-state index in [0.29, 0.717) is 41.6 Å². The molecule has 0 fully saturated rings. The Bertz CT molecular complexity index is 1560. The SMILES string of the molecule is CN[C@@H](C)C(=O)N[C@@H](C)C(=O)Nc1cc(COC)cc(COc2cc3c(cc2OC)C(=O)N2c4ccccc4C[C@H]2CN3)c1. The van der Waals surface area contributed by atoms with Crippen LogP contribution in [0, 0.1) is 0 Å². The number of ether oxygens (including phenoxy) is 3. The van der Waals surface area contributed by atoms with Crippen molar-refractivity contribution in [1.29, 1.82) is 0 Å². The molecule has 5 rings (SSSR count). The first kappa shape index (κ1) is 30.8. The quantitative estimate of drug-likeness (QED) is 0.263. The summed E-state index contributed by atoms with van der Waals surface area (Å²) in [4.78, 5) is 40.7. The van der Waals surface area contributed by atoms with Crippen molar-refractivity contribution in [2.24, 2.45) is 0 Å². The van der Waals surface area contributed by atoms with Gasteiger partial charge < -0.3 is 40.4 Å². The van der Waals surface area contributed by atoms with Gasteiger partial charge in [0.05, 0.1) is 37.1 Å². The van der Waals surface area contributed by atoms with Gasteiger partial charge in [0.2, 0.25) is 11.8 Å². The third kappa shape index (κ3) is 6.48. The van der Waals surface area contributed by atoms with E-state index in [2.05, 4.69) is 27.3 Å². The summed E-state index contributed by atoms with van der Waals surface area (Å²) >= 11 is 0. The average Bonchev–Trinajstić information content (AvgIpc) is 3.34. The average molecular weight is 602 g/mol. The lowest BCUT2D eigenvalue weighted by atomic mass is 10.1. The van der Waals surface area contributed by atoms with Crippen LogP contribution in [0.3, 0.4) is 0 Å². The number of amides is 3. The Kier molecular flexibility index (Phi) is 9.36. The fourth-order valence-corrected chi connectivity index (χ4v) is 5.53. The smallest absolute Gasteiger partial charge is 0.260 e. The van der Waals surface area contributed by atoms with Gasteiger partial charge in [0.15, 0.2) is 11.5 Å². The standard InChI is InChI=1S/C33H39N5O6/c1-19(34-3)31(39)36-20(2)32(40)37-24-11-21(17-42-4)10-22(12-24)18-44-30-15-27-26(14-29(30)43-5)33(41)38-25(16-35-27)13-23-8-6-7-9-28(23)38/h6-12,14-15,19-20,25,34-35H,13,16-18H2,1-5H3,(H,36,39)(H,37,40)/t19-,20-,25-/m0/s1. The van der Waals surface area contributed by atoms with Crippen molar-refractivity contribution in [3.63, 3.8) is 0 Å². The van der Waals surface area contributed by atoms with Gasteiger partial charge in [0.1, 0.15) is 12.6 Å². The second kappa shape index (κ2) is 13.4. The maximum absolute atomic E-state index is 13.7. The van der Waals surface area contributed by atoms with Crippen LogP contribution in [0.25, 0.3) is 0 Å². The number of carbonyl (C=O) groups excluding carboxylic acids is 3. The highest BCUT2D eigenvalue weighted by Gasteiger charge is 2.37. The van der Waals surface area contributed by atoms with Crippen molar-refractivity contribution in [2.45, 2.75) is 51.6 Å². The molecule has 0 bridgehead atoms. The van der Waals surface area contributed by atoms with E-state index in [1.807, 2.05) is 41.3 Å². The molecule has 2 heterocycles. The molecule has 0 aromatic heterocycles. The van der Waals surface area contributed by atoms with Gasteiger partial charge in [-0.25, -0.2) is 0 Å². The minimum Gasteiger partial charge on any atom is -0.493 e. The highest BCUT2D eigenvalue weighted by atomic mass is 16.5. The van der Waals surface area contributed by atoms with E-state index >= 15 is 0 Å². The molecule has 11 nitrogen and oxygen atoms in total. The molecular weight excluding hydrogens is 562 g/mol. The van der Waals surface area contributed by atoms with Crippen LogP contribution in [-0.4, -0.2) is 63.7 Å². The number of hydrogen-bond donors (Lipinski definition) is 4. The van der Waals surface area contributed by atoms with Crippen LogP contribution in [0.2, 0.25) is 0 Å². The number of carbonyl (C=O) groups is 3. The summed E-state index contributed by atoms with van der Waals surface area (Å²) in [5.74, 6) is 0.213. The monoisotopic (exact) mass is 601 g/mol. The van der Waals surface area contributed by atoms with Crippen LogP contribution in [0.15, 0.2) is 54.6 Å². The summed E-state index contributed by atoms with van der Waals surface area (Å²) in [6.07, 6.45) is 0.792. The van der Waals surface area contributed by atoms with Gasteiger partial charge in [0, 0.05) is 31.1 Å². The molecule has 3 aromatic rings. The van der Waals surface area contributed by atoms with Gasteiger partial charge in [-0.2, -0.15) is 0 Å². The zero-order valence-electron chi connectivity index (χ0n) is 25.7. The van der Waals surface area contributed by atoms with Crippen LogP contribution < -0.4 is 35.6 Å². The first-order valence-electron chi connectivity index (χ1n) is 14.6. The van der Waals surface area contributed by atoms with E-state index in [1.165, 1.54) is 0 Å². The Labute approximate surface area is 257 Å². The summed E-state index contributed by atoms with van der Waals surface area (Å²) in [5.41, 5.74) is 5.48. The molecule has 0 aliphatic carbocycles. The van der Waals surface area contributed by atoms with Crippen molar-refractivity contribution in [3.8, 4) is 11.5 Å². The number of anilines is 3. The molecule has 232 valence electrons. The number of benzene rings is 3. The van der Waals surface area contributed by atoms with Gasteiger partial charge >= 0.3 is 0 Å². The molecule has 3 aromatic carbocycles. The Morgan fingerprint density at radius 1 is 0.977 bits per heavy atom. The summed E-state index contributed by atoms with van der Waals surface area (Å²) < 4.78 is 17.2. The molecule has 44 heavy (non-hydrogen) atoms. The van der Waals surface area contributed by atoms with Crippen LogP contribution >= 0.6 is 0 Å². The number of para-hydroxylation sites is 1. The molecule has 0 unspecified atom stereocenters. The number of likely N-dealkylation sites (N-methyl/N-ethyl adjacent to an activating group) is 1. The molecule has 3 amide bonds. The maximum atomic E-state index is 13.7. The van der Waals surface area contributed by atoms with Crippen molar-refractivity contribution in [1.82, 2.24) is 10.6 Å². The number of hydrogen-bond acceptors (Lipinski definition) is 8. The number of methoxy groups -OCH3 is 2. The third-order valence-electron chi connectivity index (χ3n) is 7.96. The second-order valence-electron chi connectivity index (χ2n) is 11.1. The molecule has 0 spiro atoms. The molecule has 0 radical (unpaired) electrons. The van der Waals surface area contributed by atoms with E-state index in [9.17, 15) is 14.4 Å². The lowest BCUT2D eigenvalue weighted by molar-refractivity contribution is -0.127. The van der Waals surface area contributed by atoms with Crippen molar-refractivity contribution in [3.05, 3.63) is 76.9 Å². The van der Waals surface area contributed by atoms with Gasteiger partial charge in [-0.15, -0.1) is 0 Å². The molecule has 0 saturated carbocycles. The number of rotatable bonds is 11. The Hall–Kier alpha value is -4.61. The molecule has 0 saturated heterocycles. The Morgan fingerprint density at radius 3 is 2.45 bits per heavy atom. The van der Waals surface area contributed by atoms with E-state index in [4.69, 9.17) is 14.2 Å². The zero-order chi connectivity index (χ0) is 31.4. The fraction of sp³-hybridized carbons (Fsp3) is 0.364. The summed E-state index contributed by atoms with van der Waals surface area (Å²) in [6, 6.07) is 15.9. The molecule has 4 N–H and O–H groups in total. The van der Waals surface area contributed by atoms with Crippen LogP contribution in [0.1, 0.15) is 40.9 Å². The van der Waals surface area contributed by atoms with Gasteiger partial charge in [0.25, 0.3) is 5.91 Å². The van der Waals surface area contributed by atoms with Crippen molar-refractivity contribution in [2.75, 3.05) is 43.3 Å². The Balaban J connectivity index is 1.33. The highest BCUT2D eigenvalue weighted by molar-refractivity contribution is 6.12. The highest BCUT2D eigenvalue weighted by Crippen LogP contribution is 2.40. The summed E-state index contributed by atoms with van der Waals surface area (Å²) in [5, 5.41) is 11.9. The van der Waals surface area contributed by atoms with E-state index in [0.717, 1.165) is 28.8 Å². The lowest BCUT2D eigenvalue weighted by Crippen LogP contribution is -2.48. The topological polar surface area (TPSA) is 130 Å². The van der Waals surface area contributed by atoms with E-state index in [-0.39, 0.29) is 30.4 Å². The summed E-state index contributed by atoms with van der Waals surface area (Å²) in [6.45, 7) is 4.45. The van der Waals surface area contributed by atoms with E-state index < -0.39 is 12.1 Å². The maximum Gasteiger partial charge on any atom is 0.260 e. The summed E-state index contributed by atoms with van der Waals surface area (Å²) in [7, 11) is 4.82. The second-order valence-corrected chi connectivity index (χ2v) is 11.1. The first-order chi connectivity index (χ1) is 21.2. The predicted molar refractivity (Wildman–Crippen MR) is 168 cm³/mol. The predicted octanol–water partition coefficient (Wildman–Crippen LogP) is 3.47. The van der Waals surface area contributed by atoms with Crippen LogP contribution in [0.4, 0.5) is 17.1 Å². The van der Waals surface area contributed by atoms with E-state index in [1.54, 1.807) is 47.2 Å². The molecule has 2 aliphatic heterocycles. The number of nitrogens with zero attached hydrogens (tertiary/aromatic N) is 1. The largest absolute Gasteiger partial charge is 0.493 e. The normalized spacial score (nSPS) is 16.4. The van der Waals surface area contributed by atoms with Gasteiger partial charge in [-0.3, -0.25) is 14.4 Å². The lowest BCUT2D eigenvalue weighted by Gasteiger charge is -2.22. The first-order valence-corrected chi connectivity index (χ1v) is 14.6. The third-order valence-corrected chi connectivity index (χ3v) is 7.96.